The zero-order valence-corrected chi connectivity index (χ0v) is 11.6. The molecule has 0 bridgehead atoms. The van der Waals surface area contributed by atoms with Gasteiger partial charge in [0.25, 0.3) is 0 Å². The van der Waals surface area contributed by atoms with Crippen molar-refractivity contribution in [3.05, 3.63) is 18.2 Å². The fourth-order valence-electron chi connectivity index (χ4n) is 1.56. The first kappa shape index (κ1) is 16.5. The molecule has 21 heavy (non-hydrogen) atoms. The van der Waals surface area contributed by atoms with Gasteiger partial charge in [0.2, 0.25) is 0 Å². The van der Waals surface area contributed by atoms with Gasteiger partial charge in [-0.1, -0.05) is 0 Å². The predicted octanol–water partition coefficient (Wildman–Crippen LogP) is -0.342. The van der Waals surface area contributed by atoms with Gasteiger partial charge < -0.3 is 25.5 Å². The Labute approximate surface area is 121 Å². The highest BCUT2D eigenvalue weighted by molar-refractivity contribution is 5.83. The summed E-state index contributed by atoms with van der Waals surface area (Å²) in [5.74, 6) is -1.73. The lowest BCUT2D eigenvalue weighted by molar-refractivity contribution is -0.142. The number of H-pyrrole nitrogens is 1. The van der Waals surface area contributed by atoms with Gasteiger partial charge in [-0.3, -0.25) is 4.79 Å². The van der Waals surface area contributed by atoms with Crippen molar-refractivity contribution in [3.8, 4) is 0 Å². The molecule has 0 aliphatic carbocycles. The molecule has 1 aromatic heterocycles. The normalized spacial score (nSPS) is 11.5. The van der Waals surface area contributed by atoms with E-state index >= 15 is 0 Å². The second-order valence-corrected chi connectivity index (χ2v) is 4.23. The average Bonchev–Trinajstić information content (AvgIpc) is 2.95. The number of amides is 2. The van der Waals surface area contributed by atoms with Crippen LogP contribution in [0.1, 0.15) is 18.5 Å². The van der Waals surface area contributed by atoms with Crippen LogP contribution in [0.3, 0.4) is 0 Å². The lowest BCUT2D eigenvalue weighted by atomic mass is 10.1. The summed E-state index contributed by atoms with van der Waals surface area (Å²) >= 11 is 0. The molecule has 4 N–H and O–H groups in total. The summed E-state index contributed by atoms with van der Waals surface area (Å²) in [4.78, 5) is 40.3. The monoisotopic (exact) mass is 298 g/mol. The van der Waals surface area contributed by atoms with Crippen molar-refractivity contribution in [3.63, 3.8) is 0 Å². The van der Waals surface area contributed by atoms with E-state index in [1.54, 1.807) is 6.20 Å². The Morgan fingerprint density at radius 1 is 1.48 bits per heavy atom. The maximum Gasteiger partial charge on any atom is 0.326 e. The van der Waals surface area contributed by atoms with Gasteiger partial charge in [-0.05, 0) is 6.42 Å². The van der Waals surface area contributed by atoms with Crippen LogP contribution in [0.15, 0.2) is 12.5 Å². The molecule has 0 fully saturated rings. The number of hydrogen-bond acceptors (Lipinski definition) is 5. The van der Waals surface area contributed by atoms with Gasteiger partial charge in [0.05, 0.1) is 13.4 Å². The lowest BCUT2D eigenvalue weighted by Crippen LogP contribution is -2.46. The van der Waals surface area contributed by atoms with Crippen LogP contribution in [0.25, 0.3) is 0 Å². The number of carboxylic acid groups (broad SMARTS) is 1. The van der Waals surface area contributed by atoms with Gasteiger partial charge in [-0.2, -0.15) is 0 Å². The molecule has 0 spiro atoms. The minimum Gasteiger partial charge on any atom is -0.480 e. The SMILES string of the molecule is COC(=O)CC[C@H](NC(=O)NCCc1cnc[nH]1)C(=O)O. The summed E-state index contributed by atoms with van der Waals surface area (Å²) in [6.07, 6.45) is 3.60. The number of aromatic amines is 1. The van der Waals surface area contributed by atoms with Gasteiger partial charge in [-0.25, -0.2) is 14.6 Å². The van der Waals surface area contributed by atoms with Crippen molar-refractivity contribution in [2.75, 3.05) is 13.7 Å². The molecule has 0 unspecified atom stereocenters. The topological polar surface area (TPSA) is 133 Å². The summed E-state index contributed by atoms with van der Waals surface area (Å²) in [6.45, 7) is 0.331. The minimum absolute atomic E-state index is 0.0318. The largest absolute Gasteiger partial charge is 0.480 e. The van der Waals surface area contributed by atoms with Crippen LogP contribution in [0.2, 0.25) is 0 Å². The smallest absolute Gasteiger partial charge is 0.326 e. The number of ether oxygens (including phenoxy) is 1. The number of nitrogens with zero attached hydrogens (tertiary/aromatic N) is 1. The van der Waals surface area contributed by atoms with E-state index in [1.165, 1.54) is 13.4 Å². The van der Waals surface area contributed by atoms with Crippen LogP contribution < -0.4 is 10.6 Å². The third-order valence-corrected chi connectivity index (χ3v) is 2.70. The minimum atomic E-state index is -1.21. The summed E-state index contributed by atoms with van der Waals surface area (Å²) < 4.78 is 4.42. The number of aliphatic carboxylic acids is 1. The number of carbonyl (C=O) groups excluding carboxylic acids is 2. The molecule has 1 atom stereocenters. The second-order valence-electron chi connectivity index (χ2n) is 4.23. The van der Waals surface area contributed by atoms with Crippen LogP contribution in [0, 0.1) is 0 Å². The van der Waals surface area contributed by atoms with Crippen molar-refractivity contribution < 1.29 is 24.2 Å². The fraction of sp³-hybridized carbons (Fsp3) is 0.500. The van der Waals surface area contributed by atoms with E-state index in [1.807, 2.05) is 0 Å². The number of urea groups is 1. The quantitative estimate of drug-likeness (QED) is 0.485. The first-order valence-corrected chi connectivity index (χ1v) is 6.34. The lowest BCUT2D eigenvalue weighted by Gasteiger charge is -2.14. The molecule has 116 valence electrons. The number of hydrogen-bond donors (Lipinski definition) is 4. The molecule has 0 aliphatic heterocycles. The molecule has 2 amide bonds. The molecule has 9 heteroatoms. The predicted molar refractivity (Wildman–Crippen MR) is 71.5 cm³/mol. The highest BCUT2D eigenvalue weighted by Crippen LogP contribution is 1.99. The molecule has 0 saturated carbocycles. The van der Waals surface area contributed by atoms with Crippen molar-refractivity contribution in [2.24, 2.45) is 0 Å². The number of methoxy groups -OCH3 is 1. The Balaban J connectivity index is 2.31. The van der Waals surface area contributed by atoms with E-state index in [0.29, 0.717) is 13.0 Å². The number of nitrogens with one attached hydrogen (secondary N) is 3. The molecule has 9 nitrogen and oxygen atoms in total. The summed E-state index contributed by atoms with van der Waals surface area (Å²) in [5, 5.41) is 13.8. The Morgan fingerprint density at radius 3 is 2.81 bits per heavy atom. The molecule has 0 radical (unpaired) electrons. The maximum absolute atomic E-state index is 11.6. The van der Waals surface area contributed by atoms with E-state index in [2.05, 4.69) is 25.3 Å². The first-order chi connectivity index (χ1) is 10.0. The Morgan fingerprint density at radius 2 is 2.24 bits per heavy atom. The zero-order valence-electron chi connectivity index (χ0n) is 11.6. The molecule has 1 aromatic rings. The average molecular weight is 298 g/mol. The van der Waals surface area contributed by atoms with Gasteiger partial charge in [0, 0.05) is 31.3 Å². The Hall–Kier alpha value is -2.58. The number of aromatic nitrogens is 2. The van der Waals surface area contributed by atoms with Crippen LogP contribution in [0.5, 0.6) is 0 Å². The third kappa shape index (κ3) is 6.41. The van der Waals surface area contributed by atoms with Gasteiger partial charge in [0.15, 0.2) is 0 Å². The van der Waals surface area contributed by atoms with Crippen molar-refractivity contribution in [1.82, 2.24) is 20.6 Å². The van der Waals surface area contributed by atoms with Gasteiger partial charge in [0.1, 0.15) is 6.04 Å². The van der Waals surface area contributed by atoms with Gasteiger partial charge >= 0.3 is 18.0 Å². The molecular weight excluding hydrogens is 280 g/mol. The van der Waals surface area contributed by atoms with Crippen LogP contribution in [-0.4, -0.2) is 52.7 Å². The summed E-state index contributed by atoms with van der Waals surface area (Å²) in [5.41, 5.74) is 0.857. The Kier molecular flexibility index (Phi) is 6.72. The van der Waals surface area contributed by atoms with E-state index in [9.17, 15) is 14.4 Å². The third-order valence-electron chi connectivity index (χ3n) is 2.70. The highest BCUT2D eigenvalue weighted by atomic mass is 16.5. The van der Waals surface area contributed by atoms with Crippen molar-refractivity contribution in [1.29, 1.82) is 0 Å². The Bertz CT molecular complexity index is 474. The van der Waals surface area contributed by atoms with Crippen molar-refractivity contribution in [2.45, 2.75) is 25.3 Å². The number of esters is 1. The fourth-order valence-corrected chi connectivity index (χ4v) is 1.56. The highest BCUT2D eigenvalue weighted by Gasteiger charge is 2.20. The molecular formula is C12H18N4O5. The molecule has 1 heterocycles. The van der Waals surface area contributed by atoms with Crippen LogP contribution >= 0.6 is 0 Å². The van der Waals surface area contributed by atoms with E-state index < -0.39 is 24.0 Å². The molecule has 0 aliphatic rings. The second kappa shape index (κ2) is 8.56. The van der Waals surface area contributed by atoms with E-state index in [4.69, 9.17) is 5.11 Å². The standard InChI is InChI=1S/C12H18N4O5/c1-21-10(17)3-2-9(11(18)19)16-12(20)14-5-4-8-6-13-7-15-8/h6-7,9H,2-5H2,1H3,(H,13,15)(H,18,19)(H2,14,16,20)/t9-/m0/s1. The summed E-state index contributed by atoms with van der Waals surface area (Å²) in [7, 11) is 1.22. The number of carboxylic acids is 1. The number of imidazole rings is 1. The molecule has 0 aromatic carbocycles. The van der Waals surface area contributed by atoms with Crippen LogP contribution in [-0.2, 0) is 20.7 Å². The maximum atomic E-state index is 11.6. The zero-order chi connectivity index (χ0) is 15.7. The van der Waals surface area contributed by atoms with Gasteiger partial charge in [-0.15, -0.1) is 0 Å². The number of carbonyl (C=O) groups is 3. The molecule has 1 rings (SSSR count). The van der Waals surface area contributed by atoms with E-state index in [-0.39, 0.29) is 12.8 Å². The van der Waals surface area contributed by atoms with Crippen LogP contribution in [0.4, 0.5) is 4.79 Å². The van der Waals surface area contributed by atoms with Crippen molar-refractivity contribution >= 4 is 18.0 Å². The molecule has 0 saturated heterocycles. The first-order valence-electron chi connectivity index (χ1n) is 6.34. The summed E-state index contributed by atoms with van der Waals surface area (Å²) in [6, 6.07) is -1.75. The number of rotatable bonds is 8. The van der Waals surface area contributed by atoms with E-state index in [0.717, 1.165) is 5.69 Å².